The van der Waals surface area contributed by atoms with Gasteiger partial charge in [-0.15, -0.1) is 0 Å². The van der Waals surface area contributed by atoms with Crippen LogP contribution in [0.5, 0.6) is 0 Å². The third-order valence-electron chi connectivity index (χ3n) is 5.20. The van der Waals surface area contributed by atoms with Crippen LogP contribution in [-0.4, -0.2) is 9.13 Å². The highest BCUT2D eigenvalue weighted by Gasteiger charge is 2.22. The lowest BCUT2D eigenvalue weighted by molar-refractivity contribution is 0.333. The molecule has 4 nitrogen and oxygen atoms in total. The summed E-state index contributed by atoms with van der Waals surface area (Å²) < 4.78 is 3.27. The van der Waals surface area contributed by atoms with Gasteiger partial charge in [0.2, 0.25) is 0 Å². The minimum absolute atomic E-state index is 0.0281. The van der Waals surface area contributed by atoms with Gasteiger partial charge in [-0.05, 0) is 30.5 Å². The Kier molecular flexibility index (Phi) is 4.26. The Morgan fingerprint density at radius 1 is 0.840 bits per heavy atom. The molecule has 1 fully saturated rings. The SMILES string of the molecule is O=c1c2ccccc2n(Cc2ccccc2)c(=O)n1C1CCCCC1. The molecule has 1 aliphatic carbocycles. The Bertz CT molecular complexity index is 996. The second-order valence-corrected chi connectivity index (χ2v) is 6.84. The summed E-state index contributed by atoms with van der Waals surface area (Å²) in [5, 5.41) is 0.628. The molecule has 0 atom stereocenters. The van der Waals surface area contributed by atoms with Gasteiger partial charge in [-0.3, -0.25) is 13.9 Å². The van der Waals surface area contributed by atoms with E-state index in [-0.39, 0.29) is 17.3 Å². The quantitative estimate of drug-likeness (QED) is 0.733. The minimum Gasteiger partial charge on any atom is -0.289 e. The number of nitrogens with zero attached hydrogens (tertiary/aromatic N) is 2. The maximum Gasteiger partial charge on any atom is 0.332 e. The van der Waals surface area contributed by atoms with Crippen molar-refractivity contribution in [1.29, 1.82) is 0 Å². The van der Waals surface area contributed by atoms with Crippen molar-refractivity contribution in [2.75, 3.05) is 0 Å². The molecule has 1 aromatic heterocycles. The molecular formula is C21H22N2O2. The van der Waals surface area contributed by atoms with Crippen LogP contribution in [0.3, 0.4) is 0 Å². The molecule has 0 spiro atoms. The molecule has 2 aromatic carbocycles. The van der Waals surface area contributed by atoms with Crippen LogP contribution in [0, 0.1) is 0 Å². The summed E-state index contributed by atoms with van der Waals surface area (Å²) >= 11 is 0. The maximum absolute atomic E-state index is 13.2. The second kappa shape index (κ2) is 6.71. The Hall–Kier alpha value is -2.62. The van der Waals surface area contributed by atoms with Gasteiger partial charge in [0.05, 0.1) is 17.4 Å². The van der Waals surface area contributed by atoms with E-state index in [4.69, 9.17) is 0 Å². The van der Waals surface area contributed by atoms with Crippen molar-refractivity contribution >= 4 is 10.9 Å². The van der Waals surface area contributed by atoms with Crippen LogP contribution in [0.2, 0.25) is 0 Å². The zero-order valence-corrected chi connectivity index (χ0v) is 14.2. The third kappa shape index (κ3) is 2.93. The van der Waals surface area contributed by atoms with Crippen LogP contribution in [-0.2, 0) is 6.54 Å². The zero-order chi connectivity index (χ0) is 17.2. The summed E-state index contributed by atoms with van der Waals surface area (Å²) in [6, 6.07) is 17.4. The highest BCUT2D eigenvalue weighted by molar-refractivity contribution is 5.77. The summed E-state index contributed by atoms with van der Waals surface area (Å²) in [7, 11) is 0. The monoisotopic (exact) mass is 334 g/mol. The fraction of sp³-hybridized carbons (Fsp3) is 0.333. The molecule has 0 unspecified atom stereocenters. The number of rotatable bonds is 3. The smallest absolute Gasteiger partial charge is 0.289 e. The van der Waals surface area contributed by atoms with E-state index in [9.17, 15) is 9.59 Å². The molecule has 3 aromatic rings. The molecule has 4 heteroatoms. The Labute approximate surface area is 146 Å². The van der Waals surface area contributed by atoms with E-state index in [2.05, 4.69) is 0 Å². The number of para-hydroxylation sites is 1. The molecule has 1 aliphatic rings. The van der Waals surface area contributed by atoms with E-state index in [1.165, 1.54) is 11.0 Å². The van der Waals surface area contributed by atoms with Gasteiger partial charge in [-0.2, -0.15) is 0 Å². The van der Waals surface area contributed by atoms with Crippen LogP contribution in [0.15, 0.2) is 64.2 Å². The number of benzene rings is 2. The van der Waals surface area contributed by atoms with Gasteiger partial charge < -0.3 is 0 Å². The lowest BCUT2D eigenvalue weighted by atomic mass is 9.95. The van der Waals surface area contributed by atoms with Crippen LogP contribution in [0.4, 0.5) is 0 Å². The molecule has 1 heterocycles. The van der Waals surface area contributed by atoms with Crippen LogP contribution >= 0.6 is 0 Å². The first-order chi connectivity index (χ1) is 12.3. The first-order valence-corrected chi connectivity index (χ1v) is 9.04. The largest absolute Gasteiger partial charge is 0.332 e. The van der Waals surface area contributed by atoms with Crippen molar-refractivity contribution in [3.05, 3.63) is 81.0 Å². The van der Waals surface area contributed by atoms with Gasteiger partial charge >= 0.3 is 5.69 Å². The molecular weight excluding hydrogens is 312 g/mol. The van der Waals surface area contributed by atoms with Gasteiger partial charge in [-0.25, -0.2) is 4.79 Å². The van der Waals surface area contributed by atoms with Crippen molar-refractivity contribution in [2.45, 2.75) is 44.7 Å². The van der Waals surface area contributed by atoms with Gasteiger partial charge in [0, 0.05) is 6.04 Å². The molecule has 0 amide bonds. The van der Waals surface area contributed by atoms with E-state index in [1.54, 1.807) is 4.57 Å². The summed E-state index contributed by atoms with van der Waals surface area (Å²) in [4.78, 5) is 26.2. The molecule has 0 radical (unpaired) electrons. The molecule has 0 bridgehead atoms. The Morgan fingerprint density at radius 3 is 2.28 bits per heavy atom. The Balaban J connectivity index is 1.94. The van der Waals surface area contributed by atoms with E-state index in [1.807, 2.05) is 54.6 Å². The minimum atomic E-state index is -0.181. The molecule has 128 valence electrons. The third-order valence-corrected chi connectivity index (χ3v) is 5.20. The normalized spacial score (nSPS) is 15.5. The topological polar surface area (TPSA) is 44.0 Å². The van der Waals surface area contributed by atoms with Crippen molar-refractivity contribution in [1.82, 2.24) is 9.13 Å². The average Bonchev–Trinajstić information content (AvgIpc) is 2.67. The number of hydrogen-bond donors (Lipinski definition) is 0. The van der Waals surface area contributed by atoms with Crippen molar-refractivity contribution in [3.63, 3.8) is 0 Å². The van der Waals surface area contributed by atoms with Crippen molar-refractivity contribution in [3.8, 4) is 0 Å². The predicted molar refractivity (Wildman–Crippen MR) is 100 cm³/mol. The summed E-state index contributed by atoms with van der Waals surface area (Å²) in [6.45, 7) is 0.479. The molecule has 1 saturated carbocycles. The van der Waals surface area contributed by atoms with E-state index in [0.717, 1.165) is 31.2 Å². The molecule has 25 heavy (non-hydrogen) atoms. The van der Waals surface area contributed by atoms with Crippen LogP contribution in [0.1, 0.15) is 43.7 Å². The summed E-state index contributed by atoms with van der Waals surface area (Å²) in [5.74, 6) is 0. The van der Waals surface area contributed by atoms with Crippen LogP contribution in [0.25, 0.3) is 10.9 Å². The van der Waals surface area contributed by atoms with Gasteiger partial charge in [0.15, 0.2) is 0 Å². The summed E-state index contributed by atoms with van der Waals surface area (Å²) in [5.41, 5.74) is 1.45. The fourth-order valence-electron chi connectivity index (χ4n) is 3.92. The van der Waals surface area contributed by atoms with E-state index < -0.39 is 0 Å². The molecule has 0 aliphatic heterocycles. The highest BCUT2D eigenvalue weighted by atomic mass is 16.2. The maximum atomic E-state index is 13.2. The lowest BCUT2D eigenvalue weighted by Crippen LogP contribution is -2.43. The fourth-order valence-corrected chi connectivity index (χ4v) is 3.92. The first kappa shape index (κ1) is 15.9. The standard InChI is InChI=1S/C21H22N2O2/c24-20-18-13-7-8-14-19(18)22(15-16-9-3-1-4-10-16)21(25)23(20)17-11-5-2-6-12-17/h1,3-4,7-10,13-14,17H,2,5-6,11-12,15H2. The number of fused-ring (bicyclic) bond motifs is 1. The average molecular weight is 334 g/mol. The molecule has 4 rings (SSSR count). The van der Waals surface area contributed by atoms with Gasteiger partial charge in [0.25, 0.3) is 5.56 Å². The number of aromatic nitrogens is 2. The first-order valence-electron chi connectivity index (χ1n) is 9.04. The van der Waals surface area contributed by atoms with Crippen molar-refractivity contribution in [2.24, 2.45) is 0 Å². The predicted octanol–water partition coefficient (Wildman–Crippen LogP) is 3.72. The van der Waals surface area contributed by atoms with Gasteiger partial charge in [-0.1, -0.05) is 61.7 Å². The van der Waals surface area contributed by atoms with Gasteiger partial charge in [0.1, 0.15) is 0 Å². The second-order valence-electron chi connectivity index (χ2n) is 6.84. The summed E-state index contributed by atoms with van der Waals surface area (Å²) in [6.07, 6.45) is 5.19. The van der Waals surface area contributed by atoms with E-state index in [0.29, 0.717) is 17.4 Å². The van der Waals surface area contributed by atoms with E-state index >= 15 is 0 Å². The highest BCUT2D eigenvalue weighted by Crippen LogP contribution is 2.26. The van der Waals surface area contributed by atoms with Crippen LogP contribution < -0.4 is 11.2 Å². The Morgan fingerprint density at radius 2 is 1.52 bits per heavy atom. The molecule has 0 saturated heterocycles. The van der Waals surface area contributed by atoms with Crippen molar-refractivity contribution < 1.29 is 0 Å². The zero-order valence-electron chi connectivity index (χ0n) is 14.2. The molecule has 0 N–H and O–H groups in total. The number of hydrogen-bond acceptors (Lipinski definition) is 2. The lowest BCUT2D eigenvalue weighted by Gasteiger charge is -2.24.